The highest BCUT2D eigenvalue weighted by Crippen LogP contribution is 2.34. The van der Waals surface area contributed by atoms with Crippen molar-refractivity contribution in [2.75, 3.05) is 0 Å². The van der Waals surface area contributed by atoms with Crippen molar-refractivity contribution in [1.29, 1.82) is 0 Å². The van der Waals surface area contributed by atoms with Crippen LogP contribution in [0.5, 0.6) is 0 Å². The van der Waals surface area contributed by atoms with Crippen LogP contribution in [0, 0.1) is 0 Å². The Hall–Kier alpha value is -1.72. The molecule has 1 heterocycles. The zero-order valence-electron chi connectivity index (χ0n) is 9.78. The zero-order valence-corrected chi connectivity index (χ0v) is 11.3. The topological polar surface area (TPSA) is 78.6 Å². The lowest BCUT2D eigenvalue weighted by Crippen LogP contribution is -2.13. The Morgan fingerprint density at radius 2 is 2.05 bits per heavy atom. The predicted octanol–water partition coefficient (Wildman–Crippen LogP) is 2.32. The number of rotatable bonds is 2. The standard InChI is InChI=1S/C12H9Cl2NO4/c1-5(16)18-11-9(17)10(19-12(11)15)6-2-3-7(13)8(14)4-6/h2-4,10H,15H2,1H3. The Kier molecular flexibility index (Phi) is 3.68. The summed E-state index contributed by atoms with van der Waals surface area (Å²) in [6.45, 7) is 1.17. The van der Waals surface area contributed by atoms with Gasteiger partial charge < -0.3 is 15.2 Å². The van der Waals surface area contributed by atoms with Crippen LogP contribution in [-0.4, -0.2) is 11.8 Å². The normalized spacial score (nSPS) is 18.5. The summed E-state index contributed by atoms with van der Waals surface area (Å²) in [5.41, 5.74) is 5.99. The van der Waals surface area contributed by atoms with E-state index >= 15 is 0 Å². The maximum Gasteiger partial charge on any atom is 0.308 e. The summed E-state index contributed by atoms with van der Waals surface area (Å²) in [4.78, 5) is 22.9. The minimum atomic E-state index is -0.982. The van der Waals surface area contributed by atoms with Gasteiger partial charge in [-0.1, -0.05) is 29.3 Å². The summed E-state index contributed by atoms with van der Waals surface area (Å²) in [5, 5.41) is 0.645. The molecule has 0 fully saturated rings. The van der Waals surface area contributed by atoms with Gasteiger partial charge in [0.15, 0.2) is 6.10 Å². The lowest BCUT2D eigenvalue weighted by atomic mass is 10.1. The smallest absolute Gasteiger partial charge is 0.308 e. The molecular formula is C12H9Cl2NO4. The molecule has 0 saturated heterocycles. The van der Waals surface area contributed by atoms with Crippen LogP contribution in [0.1, 0.15) is 18.6 Å². The van der Waals surface area contributed by atoms with Crippen LogP contribution in [0.4, 0.5) is 0 Å². The second-order valence-electron chi connectivity index (χ2n) is 3.82. The first-order chi connectivity index (χ1) is 8.90. The molecular weight excluding hydrogens is 293 g/mol. The summed E-state index contributed by atoms with van der Waals surface area (Å²) in [6, 6.07) is 4.62. The molecule has 7 heteroatoms. The van der Waals surface area contributed by atoms with Gasteiger partial charge in [0.25, 0.3) is 0 Å². The molecule has 0 amide bonds. The third-order valence-electron chi connectivity index (χ3n) is 2.42. The number of carbonyl (C=O) groups excluding carboxylic acids is 2. The second-order valence-corrected chi connectivity index (χ2v) is 4.64. The molecule has 19 heavy (non-hydrogen) atoms. The molecule has 1 aromatic rings. The molecule has 0 saturated carbocycles. The maximum absolute atomic E-state index is 12.0. The molecule has 0 bridgehead atoms. The molecule has 2 rings (SSSR count). The molecule has 1 aliphatic rings. The monoisotopic (exact) mass is 301 g/mol. The Bertz CT molecular complexity index is 597. The molecule has 0 spiro atoms. The number of Topliss-reactive ketones (excluding diaryl/α,β-unsaturated/α-hetero) is 1. The minimum absolute atomic E-state index is 0.226. The fourth-order valence-corrected chi connectivity index (χ4v) is 1.92. The van der Waals surface area contributed by atoms with Crippen LogP contribution in [0.25, 0.3) is 0 Å². The lowest BCUT2D eigenvalue weighted by molar-refractivity contribution is -0.140. The highest BCUT2D eigenvalue weighted by Gasteiger charge is 2.38. The lowest BCUT2D eigenvalue weighted by Gasteiger charge is -2.10. The quantitative estimate of drug-likeness (QED) is 0.848. The van der Waals surface area contributed by atoms with Crippen LogP contribution in [0.15, 0.2) is 29.8 Å². The Morgan fingerprint density at radius 3 is 2.63 bits per heavy atom. The fourth-order valence-electron chi connectivity index (χ4n) is 1.61. The van der Waals surface area contributed by atoms with Gasteiger partial charge in [-0.3, -0.25) is 9.59 Å². The first-order valence-corrected chi connectivity index (χ1v) is 5.99. The molecule has 2 N–H and O–H groups in total. The van der Waals surface area contributed by atoms with E-state index in [0.717, 1.165) is 0 Å². The van der Waals surface area contributed by atoms with Crippen LogP contribution in [0.2, 0.25) is 10.0 Å². The number of hydrogen-bond acceptors (Lipinski definition) is 5. The van der Waals surface area contributed by atoms with Gasteiger partial charge in [-0.05, 0) is 12.1 Å². The number of carbonyl (C=O) groups is 2. The van der Waals surface area contributed by atoms with Crippen molar-refractivity contribution in [3.05, 3.63) is 45.5 Å². The number of ether oxygens (including phenoxy) is 2. The van der Waals surface area contributed by atoms with Crippen molar-refractivity contribution in [2.24, 2.45) is 5.73 Å². The van der Waals surface area contributed by atoms with Gasteiger partial charge in [-0.15, -0.1) is 0 Å². The van der Waals surface area contributed by atoms with Crippen LogP contribution < -0.4 is 5.73 Å². The summed E-state index contributed by atoms with van der Waals surface area (Å²) in [6.07, 6.45) is -0.982. The molecule has 1 aliphatic heterocycles. The van der Waals surface area contributed by atoms with Crippen LogP contribution >= 0.6 is 23.2 Å². The van der Waals surface area contributed by atoms with Gasteiger partial charge in [-0.2, -0.15) is 0 Å². The number of halogens is 2. The van der Waals surface area contributed by atoms with E-state index in [1.807, 2.05) is 0 Å². The van der Waals surface area contributed by atoms with E-state index < -0.39 is 17.9 Å². The van der Waals surface area contributed by atoms with Gasteiger partial charge in [0.1, 0.15) is 0 Å². The zero-order chi connectivity index (χ0) is 14.2. The van der Waals surface area contributed by atoms with Gasteiger partial charge in [0.2, 0.25) is 17.4 Å². The molecule has 0 aliphatic carbocycles. The van der Waals surface area contributed by atoms with Crippen molar-refractivity contribution in [3.8, 4) is 0 Å². The molecule has 100 valence electrons. The number of hydrogen-bond donors (Lipinski definition) is 1. The SMILES string of the molecule is CC(=O)OC1=C(N)OC(c2ccc(Cl)c(Cl)c2)C1=O. The van der Waals surface area contributed by atoms with E-state index in [1.165, 1.54) is 19.1 Å². The molecule has 0 radical (unpaired) electrons. The van der Waals surface area contributed by atoms with Gasteiger partial charge in [-0.25, -0.2) is 0 Å². The third kappa shape index (κ3) is 2.67. The summed E-state index contributed by atoms with van der Waals surface area (Å²) in [5.74, 6) is -1.70. The van der Waals surface area contributed by atoms with Crippen molar-refractivity contribution < 1.29 is 19.1 Å². The Morgan fingerprint density at radius 1 is 1.37 bits per heavy atom. The largest absolute Gasteiger partial charge is 0.460 e. The Balaban J connectivity index is 2.28. The molecule has 1 unspecified atom stereocenters. The van der Waals surface area contributed by atoms with Crippen LogP contribution in [-0.2, 0) is 19.1 Å². The minimum Gasteiger partial charge on any atom is -0.460 e. The summed E-state index contributed by atoms with van der Waals surface area (Å²) in [7, 11) is 0. The molecule has 1 aromatic carbocycles. The number of ketones is 1. The van der Waals surface area contributed by atoms with Crippen molar-refractivity contribution in [1.82, 2.24) is 0 Å². The first kappa shape index (κ1) is 13.7. The van der Waals surface area contributed by atoms with E-state index in [-0.39, 0.29) is 16.7 Å². The third-order valence-corrected chi connectivity index (χ3v) is 3.16. The predicted molar refractivity (Wildman–Crippen MR) is 68.3 cm³/mol. The van der Waals surface area contributed by atoms with E-state index in [9.17, 15) is 9.59 Å². The van der Waals surface area contributed by atoms with E-state index in [0.29, 0.717) is 10.6 Å². The molecule has 1 atom stereocenters. The van der Waals surface area contributed by atoms with Gasteiger partial charge in [0.05, 0.1) is 10.0 Å². The Labute approximate surface area is 118 Å². The molecule has 5 nitrogen and oxygen atoms in total. The second kappa shape index (κ2) is 5.11. The van der Waals surface area contributed by atoms with Gasteiger partial charge >= 0.3 is 5.97 Å². The first-order valence-electron chi connectivity index (χ1n) is 5.24. The maximum atomic E-state index is 12.0. The van der Waals surface area contributed by atoms with E-state index in [4.69, 9.17) is 38.4 Å². The average molecular weight is 302 g/mol. The molecule has 0 aromatic heterocycles. The number of benzene rings is 1. The van der Waals surface area contributed by atoms with Crippen molar-refractivity contribution in [2.45, 2.75) is 13.0 Å². The summed E-state index contributed by atoms with van der Waals surface area (Å²) < 4.78 is 9.92. The number of nitrogens with two attached hydrogens (primary N) is 1. The summed E-state index contributed by atoms with van der Waals surface area (Å²) >= 11 is 11.7. The van der Waals surface area contributed by atoms with Gasteiger partial charge in [0, 0.05) is 12.5 Å². The number of esters is 1. The van der Waals surface area contributed by atoms with Crippen molar-refractivity contribution >= 4 is 35.0 Å². The van der Waals surface area contributed by atoms with E-state index in [1.54, 1.807) is 6.07 Å². The average Bonchev–Trinajstić information content (AvgIpc) is 2.60. The highest BCUT2D eigenvalue weighted by molar-refractivity contribution is 6.42. The van der Waals surface area contributed by atoms with E-state index in [2.05, 4.69) is 0 Å². The van der Waals surface area contributed by atoms with Crippen molar-refractivity contribution in [3.63, 3.8) is 0 Å². The highest BCUT2D eigenvalue weighted by atomic mass is 35.5. The van der Waals surface area contributed by atoms with Crippen LogP contribution in [0.3, 0.4) is 0 Å². The fraction of sp³-hybridized carbons (Fsp3) is 0.167.